The second kappa shape index (κ2) is 9.60. The van der Waals surface area contributed by atoms with Gasteiger partial charge in [0, 0.05) is 30.7 Å². The molecule has 0 N–H and O–H groups in total. The van der Waals surface area contributed by atoms with E-state index < -0.39 is 0 Å². The lowest BCUT2D eigenvalue weighted by atomic mass is 9.96. The zero-order valence-corrected chi connectivity index (χ0v) is 16.8. The number of halogens is 1. The average Bonchev–Trinajstić information content (AvgIpc) is 2.74. The number of para-hydroxylation sites is 1. The molecule has 5 nitrogen and oxygen atoms in total. The molecule has 1 fully saturated rings. The molecule has 0 spiro atoms. The zero-order valence-electron chi connectivity index (χ0n) is 16.0. The van der Waals surface area contributed by atoms with Crippen LogP contribution < -0.4 is 4.74 Å². The summed E-state index contributed by atoms with van der Waals surface area (Å²) in [6.45, 7) is 2.07. The van der Waals surface area contributed by atoms with Gasteiger partial charge in [0.2, 0.25) is 5.91 Å². The van der Waals surface area contributed by atoms with E-state index in [1.807, 2.05) is 30.3 Å². The van der Waals surface area contributed by atoms with Crippen LogP contribution in [0.4, 0.5) is 0 Å². The third-order valence-electron chi connectivity index (χ3n) is 4.96. The first-order chi connectivity index (χ1) is 13.5. The Balaban J connectivity index is 1.51. The minimum atomic E-state index is -0.174. The van der Waals surface area contributed by atoms with Crippen LogP contribution in [0, 0.1) is 5.92 Å². The number of carbonyl (C=O) groups is 2. The maximum absolute atomic E-state index is 12.8. The van der Waals surface area contributed by atoms with Gasteiger partial charge in [0.25, 0.3) is 5.91 Å². The number of amides is 2. The quantitative estimate of drug-likeness (QED) is 0.742. The molecule has 1 unspecified atom stereocenters. The lowest BCUT2D eigenvalue weighted by Gasteiger charge is -2.34. The smallest absolute Gasteiger partial charge is 0.253 e. The monoisotopic (exact) mass is 400 g/mol. The van der Waals surface area contributed by atoms with Crippen molar-refractivity contribution in [1.82, 2.24) is 9.80 Å². The van der Waals surface area contributed by atoms with E-state index in [9.17, 15) is 9.59 Å². The second-order valence-corrected chi connectivity index (χ2v) is 7.45. The molecule has 1 aliphatic rings. The number of carbonyl (C=O) groups excluding carboxylic acids is 2. The van der Waals surface area contributed by atoms with Gasteiger partial charge in [-0.3, -0.25) is 9.59 Å². The molecule has 1 heterocycles. The lowest BCUT2D eigenvalue weighted by molar-refractivity contribution is -0.135. The number of hydrogen-bond acceptors (Lipinski definition) is 3. The molecule has 2 aromatic carbocycles. The van der Waals surface area contributed by atoms with Gasteiger partial charge in [0.05, 0.1) is 12.5 Å². The highest BCUT2D eigenvalue weighted by Crippen LogP contribution is 2.21. The molecule has 2 aromatic rings. The number of rotatable bonds is 6. The molecule has 0 saturated carbocycles. The summed E-state index contributed by atoms with van der Waals surface area (Å²) in [7, 11) is 1.79. The fourth-order valence-corrected chi connectivity index (χ4v) is 3.50. The van der Waals surface area contributed by atoms with E-state index in [-0.39, 0.29) is 17.7 Å². The Labute approximate surface area is 170 Å². The topological polar surface area (TPSA) is 49.9 Å². The first-order valence-electron chi connectivity index (χ1n) is 9.52. The van der Waals surface area contributed by atoms with E-state index in [4.69, 9.17) is 16.3 Å². The molecular weight excluding hydrogens is 376 g/mol. The van der Waals surface area contributed by atoms with Crippen LogP contribution in [0.25, 0.3) is 0 Å². The number of likely N-dealkylation sites (tertiary alicyclic amines) is 1. The SMILES string of the molecule is CN(CCOc1ccccc1)C(=O)C1CCCN(C(=O)c2ccc(Cl)cc2)C1. The van der Waals surface area contributed by atoms with Crippen LogP contribution in [0.1, 0.15) is 23.2 Å². The van der Waals surface area contributed by atoms with E-state index in [0.717, 1.165) is 18.6 Å². The number of ether oxygens (including phenoxy) is 1. The molecular formula is C22H25ClN2O3. The molecule has 0 aromatic heterocycles. The Morgan fingerprint density at radius 3 is 2.57 bits per heavy atom. The molecule has 3 rings (SSSR count). The van der Waals surface area contributed by atoms with Crippen molar-refractivity contribution in [2.24, 2.45) is 5.92 Å². The Morgan fingerprint density at radius 2 is 1.86 bits per heavy atom. The molecule has 0 aliphatic carbocycles. The van der Waals surface area contributed by atoms with Gasteiger partial charge in [-0.2, -0.15) is 0 Å². The van der Waals surface area contributed by atoms with E-state index in [0.29, 0.717) is 36.8 Å². The first-order valence-corrected chi connectivity index (χ1v) is 9.90. The summed E-state index contributed by atoms with van der Waals surface area (Å²) < 4.78 is 5.67. The second-order valence-electron chi connectivity index (χ2n) is 7.02. The summed E-state index contributed by atoms with van der Waals surface area (Å²) in [6.07, 6.45) is 1.62. The summed E-state index contributed by atoms with van der Waals surface area (Å²) in [6, 6.07) is 16.4. The number of nitrogens with zero attached hydrogens (tertiary/aromatic N) is 2. The van der Waals surface area contributed by atoms with E-state index >= 15 is 0 Å². The third kappa shape index (κ3) is 5.26. The highest BCUT2D eigenvalue weighted by atomic mass is 35.5. The summed E-state index contributed by atoms with van der Waals surface area (Å²) in [4.78, 5) is 29.0. The largest absolute Gasteiger partial charge is 0.492 e. The standard InChI is InChI=1S/C22H25ClN2O3/c1-24(14-15-28-20-7-3-2-4-8-20)21(26)18-6-5-13-25(16-18)22(27)17-9-11-19(23)12-10-17/h2-4,7-12,18H,5-6,13-16H2,1H3. The van der Waals surface area contributed by atoms with Gasteiger partial charge in [-0.05, 0) is 49.2 Å². The van der Waals surface area contributed by atoms with Crippen LogP contribution in [0.5, 0.6) is 5.75 Å². The van der Waals surface area contributed by atoms with Crippen molar-refractivity contribution in [3.05, 3.63) is 65.2 Å². The molecule has 6 heteroatoms. The lowest BCUT2D eigenvalue weighted by Crippen LogP contribution is -2.46. The minimum absolute atomic E-state index is 0.0516. The van der Waals surface area contributed by atoms with Crippen LogP contribution in [-0.2, 0) is 4.79 Å². The summed E-state index contributed by atoms with van der Waals surface area (Å²) in [5, 5.41) is 0.600. The average molecular weight is 401 g/mol. The van der Waals surface area contributed by atoms with Gasteiger partial charge in [-0.1, -0.05) is 29.8 Å². The van der Waals surface area contributed by atoms with Gasteiger partial charge in [0.1, 0.15) is 12.4 Å². The predicted octanol–water partition coefficient (Wildman–Crippen LogP) is 3.73. The van der Waals surface area contributed by atoms with Gasteiger partial charge in [-0.25, -0.2) is 0 Å². The fraction of sp³-hybridized carbons (Fsp3) is 0.364. The van der Waals surface area contributed by atoms with E-state index in [1.165, 1.54) is 0 Å². The van der Waals surface area contributed by atoms with E-state index in [2.05, 4.69) is 0 Å². The van der Waals surface area contributed by atoms with Crippen molar-refractivity contribution in [1.29, 1.82) is 0 Å². The van der Waals surface area contributed by atoms with Gasteiger partial charge in [0.15, 0.2) is 0 Å². The fourth-order valence-electron chi connectivity index (χ4n) is 3.38. The summed E-state index contributed by atoms with van der Waals surface area (Å²) in [5.74, 6) is 0.627. The van der Waals surface area contributed by atoms with Crippen molar-refractivity contribution in [3.8, 4) is 5.75 Å². The number of hydrogen-bond donors (Lipinski definition) is 0. The van der Waals surface area contributed by atoms with Crippen molar-refractivity contribution < 1.29 is 14.3 Å². The van der Waals surface area contributed by atoms with Crippen molar-refractivity contribution in [3.63, 3.8) is 0 Å². The Morgan fingerprint density at radius 1 is 1.14 bits per heavy atom. The Kier molecular flexibility index (Phi) is 6.93. The van der Waals surface area contributed by atoms with Crippen molar-refractivity contribution in [2.45, 2.75) is 12.8 Å². The van der Waals surface area contributed by atoms with Gasteiger partial charge < -0.3 is 14.5 Å². The van der Waals surface area contributed by atoms with Crippen LogP contribution >= 0.6 is 11.6 Å². The highest BCUT2D eigenvalue weighted by Gasteiger charge is 2.30. The maximum atomic E-state index is 12.8. The third-order valence-corrected chi connectivity index (χ3v) is 5.22. The van der Waals surface area contributed by atoms with Crippen LogP contribution in [0.2, 0.25) is 5.02 Å². The zero-order chi connectivity index (χ0) is 19.9. The van der Waals surface area contributed by atoms with Crippen molar-refractivity contribution >= 4 is 23.4 Å². The summed E-state index contributed by atoms with van der Waals surface area (Å²) >= 11 is 5.90. The molecule has 148 valence electrons. The van der Waals surface area contributed by atoms with Crippen LogP contribution in [0.3, 0.4) is 0 Å². The minimum Gasteiger partial charge on any atom is -0.492 e. The number of piperidine rings is 1. The Bertz CT molecular complexity index is 795. The van der Waals surface area contributed by atoms with E-state index in [1.54, 1.807) is 41.1 Å². The molecule has 0 bridgehead atoms. The van der Waals surface area contributed by atoms with Gasteiger partial charge in [-0.15, -0.1) is 0 Å². The maximum Gasteiger partial charge on any atom is 0.253 e. The summed E-state index contributed by atoms with van der Waals surface area (Å²) in [5.41, 5.74) is 0.599. The highest BCUT2D eigenvalue weighted by molar-refractivity contribution is 6.30. The van der Waals surface area contributed by atoms with Crippen LogP contribution in [0.15, 0.2) is 54.6 Å². The predicted molar refractivity (Wildman–Crippen MR) is 110 cm³/mol. The molecule has 2 amide bonds. The normalized spacial score (nSPS) is 16.5. The van der Waals surface area contributed by atoms with Gasteiger partial charge >= 0.3 is 0 Å². The molecule has 1 atom stereocenters. The first kappa shape index (κ1) is 20.2. The van der Waals surface area contributed by atoms with Crippen LogP contribution in [-0.4, -0.2) is 54.9 Å². The Hall–Kier alpha value is -2.53. The molecule has 1 aliphatic heterocycles. The molecule has 0 radical (unpaired) electrons. The molecule has 1 saturated heterocycles. The molecule has 28 heavy (non-hydrogen) atoms. The number of benzene rings is 2. The van der Waals surface area contributed by atoms with Crippen molar-refractivity contribution in [2.75, 3.05) is 33.3 Å². The number of likely N-dealkylation sites (N-methyl/N-ethyl adjacent to an activating group) is 1.